The Balaban J connectivity index is 1.57. The van der Waals surface area contributed by atoms with Crippen molar-refractivity contribution in [2.24, 2.45) is 5.41 Å². The number of amides is 1. The van der Waals surface area contributed by atoms with Gasteiger partial charge in [0.05, 0.1) is 11.1 Å². The number of carbonyl (C=O) groups excluding carboxylic acids is 1. The number of aromatic nitrogens is 2. The van der Waals surface area contributed by atoms with Crippen molar-refractivity contribution >= 4 is 11.9 Å². The first-order valence-electron chi connectivity index (χ1n) is 8.42. The molecule has 0 spiro atoms. The van der Waals surface area contributed by atoms with Crippen molar-refractivity contribution in [1.82, 2.24) is 15.1 Å². The fourth-order valence-electron chi connectivity index (χ4n) is 3.03. The summed E-state index contributed by atoms with van der Waals surface area (Å²) >= 11 is 0. The Labute approximate surface area is 153 Å². The first kappa shape index (κ1) is 18.9. The predicted molar refractivity (Wildman–Crippen MR) is 88.9 cm³/mol. The second kappa shape index (κ2) is 7.05. The molecule has 9 heteroatoms. The van der Waals surface area contributed by atoms with E-state index in [1.54, 1.807) is 24.3 Å². The lowest BCUT2D eigenvalue weighted by Gasteiger charge is -2.36. The summed E-state index contributed by atoms with van der Waals surface area (Å²) in [7, 11) is 0. The van der Waals surface area contributed by atoms with Crippen LogP contribution in [-0.2, 0) is 22.3 Å². The molecular weight excluding hydrogens is 363 g/mol. The summed E-state index contributed by atoms with van der Waals surface area (Å²) in [6.07, 6.45) is -1.49. The van der Waals surface area contributed by atoms with E-state index in [-0.39, 0.29) is 18.9 Å². The number of aliphatic carboxylic acids is 1. The largest absolute Gasteiger partial charge is 0.481 e. The average molecular weight is 381 g/mol. The maximum atomic E-state index is 12.6. The Bertz CT molecular complexity index is 840. The van der Waals surface area contributed by atoms with Gasteiger partial charge in [-0.1, -0.05) is 18.6 Å². The number of nitrogens with zero attached hydrogens (tertiary/aromatic N) is 2. The standard InChI is InChI=1S/C18H18F3N3O3/c19-18(20,21)14-6-9-24(23-14)13-4-2-12(3-5-13)11-22-15(25)10-17(16(26)27)7-1-8-17/h2-6,9H,1,7-8,10-11H2,(H,22,25)(H,26,27). The number of alkyl halides is 3. The van der Waals surface area contributed by atoms with Crippen LogP contribution < -0.4 is 5.32 Å². The molecule has 2 N–H and O–H groups in total. The minimum Gasteiger partial charge on any atom is -0.481 e. The number of carbonyl (C=O) groups is 2. The maximum Gasteiger partial charge on any atom is 0.435 e. The lowest BCUT2D eigenvalue weighted by Crippen LogP contribution is -2.42. The van der Waals surface area contributed by atoms with E-state index in [9.17, 15) is 27.9 Å². The molecule has 1 fully saturated rings. The molecular formula is C18H18F3N3O3. The van der Waals surface area contributed by atoms with Crippen LogP contribution in [0.3, 0.4) is 0 Å². The molecule has 0 atom stereocenters. The number of hydrogen-bond acceptors (Lipinski definition) is 3. The summed E-state index contributed by atoms with van der Waals surface area (Å²) in [6.45, 7) is 0.210. The Morgan fingerprint density at radius 3 is 2.33 bits per heavy atom. The molecule has 1 aliphatic rings. The van der Waals surface area contributed by atoms with Crippen LogP contribution >= 0.6 is 0 Å². The minimum atomic E-state index is -4.50. The second-order valence-electron chi connectivity index (χ2n) is 6.70. The number of carboxylic acid groups (broad SMARTS) is 1. The number of carboxylic acids is 1. The molecule has 0 bridgehead atoms. The van der Waals surface area contributed by atoms with Crippen LogP contribution in [0.25, 0.3) is 5.69 Å². The fourth-order valence-corrected chi connectivity index (χ4v) is 3.03. The van der Waals surface area contributed by atoms with Gasteiger partial charge in [-0.2, -0.15) is 18.3 Å². The van der Waals surface area contributed by atoms with Gasteiger partial charge < -0.3 is 10.4 Å². The quantitative estimate of drug-likeness (QED) is 0.805. The SMILES string of the molecule is O=C(CC1(C(=O)O)CCC1)NCc1ccc(-n2ccc(C(F)(F)F)n2)cc1. The summed E-state index contributed by atoms with van der Waals surface area (Å²) in [6, 6.07) is 7.42. The monoisotopic (exact) mass is 381 g/mol. The van der Waals surface area contributed by atoms with Crippen molar-refractivity contribution in [2.75, 3.05) is 0 Å². The van der Waals surface area contributed by atoms with Gasteiger partial charge >= 0.3 is 12.1 Å². The Morgan fingerprint density at radius 1 is 1.19 bits per heavy atom. The second-order valence-corrected chi connectivity index (χ2v) is 6.70. The summed E-state index contributed by atoms with van der Waals surface area (Å²) in [5, 5.41) is 15.4. The van der Waals surface area contributed by atoms with Gasteiger partial charge in [0.2, 0.25) is 5.91 Å². The van der Waals surface area contributed by atoms with Gasteiger partial charge in [0.15, 0.2) is 5.69 Å². The Kier molecular flexibility index (Phi) is 4.95. The molecule has 27 heavy (non-hydrogen) atoms. The molecule has 0 unspecified atom stereocenters. The van der Waals surface area contributed by atoms with Crippen LogP contribution in [0.5, 0.6) is 0 Å². The van der Waals surface area contributed by atoms with Gasteiger partial charge in [-0.15, -0.1) is 0 Å². The van der Waals surface area contributed by atoms with Gasteiger partial charge in [0.25, 0.3) is 0 Å². The van der Waals surface area contributed by atoms with Crippen LogP contribution in [0.15, 0.2) is 36.5 Å². The number of halogens is 3. The zero-order chi connectivity index (χ0) is 19.7. The highest BCUT2D eigenvalue weighted by Gasteiger charge is 2.45. The van der Waals surface area contributed by atoms with Crippen LogP contribution in [0.4, 0.5) is 13.2 Å². The normalized spacial score (nSPS) is 15.8. The van der Waals surface area contributed by atoms with Crippen LogP contribution in [0.1, 0.15) is 36.9 Å². The molecule has 1 saturated carbocycles. The number of benzene rings is 1. The van der Waals surface area contributed by atoms with Crippen molar-refractivity contribution in [3.8, 4) is 5.69 Å². The molecule has 1 amide bonds. The van der Waals surface area contributed by atoms with Crippen LogP contribution in [0.2, 0.25) is 0 Å². The number of nitrogens with one attached hydrogen (secondary N) is 1. The van der Waals surface area contributed by atoms with Crippen molar-refractivity contribution < 1.29 is 27.9 Å². The molecule has 6 nitrogen and oxygen atoms in total. The van der Waals surface area contributed by atoms with Gasteiger partial charge in [-0.3, -0.25) is 9.59 Å². The van der Waals surface area contributed by atoms with E-state index in [1.165, 1.54) is 6.20 Å². The van der Waals surface area contributed by atoms with E-state index in [4.69, 9.17) is 0 Å². The highest BCUT2D eigenvalue weighted by molar-refractivity contribution is 5.85. The van der Waals surface area contributed by atoms with Crippen LogP contribution in [0, 0.1) is 5.41 Å². The van der Waals surface area contributed by atoms with Gasteiger partial charge in [0, 0.05) is 19.2 Å². The third-order valence-electron chi connectivity index (χ3n) is 4.83. The van der Waals surface area contributed by atoms with E-state index in [0.717, 1.165) is 22.7 Å². The zero-order valence-electron chi connectivity index (χ0n) is 14.3. The highest BCUT2D eigenvalue weighted by atomic mass is 19.4. The summed E-state index contributed by atoms with van der Waals surface area (Å²) in [5.74, 6) is -1.27. The molecule has 1 aromatic carbocycles. The lowest BCUT2D eigenvalue weighted by atomic mass is 9.66. The molecule has 1 aliphatic carbocycles. The fraction of sp³-hybridized carbons (Fsp3) is 0.389. The zero-order valence-corrected chi connectivity index (χ0v) is 14.3. The third kappa shape index (κ3) is 4.12. The first-order chi connectivity index (χ1) is 12.7. The molecule has 0 aliphatic heterocycles. The van der Waals surface area contributed by atoms with E-state index in [1.807, 2.05) is 0 Å². The molecule has 144 valence electrons. The topological polar surface area (TPSA) is 84.2 Å². The molecule has 0 saturated heterocycles. The summed E-state index contributed by atoms with van der Waals surface area (Å²) < 4.78 is 38.9. The van der Waals surface area contributed by atoms with Crippen molar-refractivity contribution in [2.45, 2.75) is 38.4 Å². The lowest BCUT2D eigenvalue weighted by molar-refractivity contribution is -0.157. The van der Waals surface area contributed by atoms with E-state index >= 15 is 0 Å². The molecule has 1 heterocycles. The molecule has 2 aromatic rings. The van der Waals surface area contributed by atoms with Crippen molar-refractivity contribution in [3.05, 3.63) is 47.8 Å². The van der Waals surface area contributed by atoms with Gasteiger partial charge in [-0.25, -0.2) is 4.68 Å². The van der Waals surface area contributed by atoms with E-state index < -0.39 is 23.3 Å². The number of hydrogen-bond donors (Lipinski definition) is 2. The molecule has 1 aromatic heterocycles. The Hall–Kier alpha value is -2.84. The third-order valence-corrected chi connectivity index (χ3v) is 4.83. The Morgan fingerprint density at radius 2 is 1.85 bits per heavy atom. The van der Waals surface area contributed by atoms with E-state index in [0.29, 0.717) is 18.5 Å². The maximum absolute atomic E-state index is 12.6. The smallest absolute Gasteiger partial charge is 0.435 e. The highest BCUT2D eigenvalue weighted by Crippen LogP contribution is 2.44. The average Bonchev–Trinajstić information content (AvgIpc) is 3.07. The van der Waals surface area contributed by atoms with Crippen LogP contribution in [-0.4, -0.2) is 26.8 Å². The van der Waals surface area contributed by atoms with Crippen molar-refractivity contribution in [3.63, 3.8) is 0 Å². The van der Waals surface area contributed by atoms with E-state index in [2.05, 4.69) is 10.4 Å². The van der Waals surface area contributed by atoms with Gasteiger partial charge in [-0.05, 0) is 36.6 Å². The predicted octanol–water partition coefficient (Wildman–Crippen LogP) is 3.15. The minimum absolute atomic E-state index is 0.0477. The molecule has 0 radical (unpaired) electrons. The molecule has 3 rings (SSSR count). The number of rotatable bonds is 6. The summed E-state index contributed by atoms with van der Waals surface area (Å²) in [5.41, 5.74) is -0.708. The van der Waals surface area contributed by atoms with Gasteiger partial charge in [0.1, 0.15) is 0 Å². The first-order valence-corrected chi connectivity index (χ1v) is 8.42. The summed E-state index contributed by atoms with van der Waals surface area (Å²) in [4.78, 5) is 23.3. The van der Waals surface area contributed by atoms with Crippen molar-refractivity contribution in [1.29, 1.82) is 0 Å².